The number of rotatable bonds is 4. The molecule has 1 N–H and O–H groups in total. The molecular formula is C10H17N3S. The van der Waals surface area contributed by atoms with Gasteiger partial charge in [0.25, 0.3) is 0 Å². The fourth-order valence-electron chi connectivity index (χ4n) is 2.29. The number of nitrogens with zero attached hydrogens (tertiary/aromatic N) is 2. The van der Waals surface area contributed by atoms with Crippen molar-refractivity contribution in [1.29, 1.82) is 0 Å². The summed E-state index contributed by atoms with van der Waals surface area (Å²) in [4.78, 5) is 4.14. The van der Waals surface area contributed by atoms with Gasteiger partial charge in [0, 0.05) is 18.1 Å². The molecule has 0 atom stereocenters. The molecule has 1 fully saturated rings. The summed E-state index contributed by atoms with van der Waals surface area (Å²) in [5, 5.41) is 4.37. The predicted molar refractivity (Wildman–Crippen MR) is 59.6 cm³/mol. The molecule has 4 heteroatoms. The fourth-order valence-corrected chi connectivity index (χ4v) is 2.72. The Bertz CT molecular complexity index is 265. The van der Waals surface area contributed by atoms with Gasteiger partial charge in [-0.15, -0.1) is 0 Å². The molecule has 0 amide bonds. The number of aromatic nitrogens is 2. The van der Waals surface area contributed by atoms with Gasteiger partial charge >= 0.3 is 0 Å². The molecule has 1 saturated carbocycles. The topological polar surface area (TPSA) is 37.8 Å². The van der Waals surface area contributed by atoms with Crippen LogP contribution in [0.5, 0.6) is 0 Å². The zero-order valence-electron chi connectivity index (χ0n) is 8.62. The van der Waals surface area contributed by atoms with E-state index in [1.807, 2.05) is 0 Å². The highest BCUT2D eigenvalue weighted by Gasteiger charge is 2.31. The maximum absolute atomic E-state index is 4.14. The van der Waals surface area contributed by atoms with E-state index in [0.29, 0.717) is 5.41 Å². The number of hydrogen-bond acceptors (Lipinski definition) is 4. The van der Waals surface area contributed by atoms with Crippen molar-refractivity contribution in [3.8, 4) is 0 Å². The highest BCUT2D eigenvalue weighted by atomic mass is 32.1. The van der Waals surface area contributed by atoms with Crippen molar-refractivity contribution >= 4 is 16.7 Å². The average Bonchev–Trinajstić information content (AvgIpc) is 2.87. The van der Waals surface area contributed by atoms with Crippen LogP contribution < -0.4 is 5.32 Å². The van der Waals surface area contributed by atoms with E-state index in [9.17, 15) is 0 Å². The van der Waals surface area contributed by atoms with E-state index >= 15 is 0 Å². The van der Waals surface area contributed by atoms with Gasteiger partial charge in [0.2, 0.25) is 5.13 Å². The van der Waals surface area contributed by atoms with E-state index in [-0.39, 0.29) is 0 Å². The summed E-state index contributed by atoms with van der Waals surface area (Å²) in [5.41, 5.74) is 0.533. The lowest BCUT2D eigenvalue weighted by Gasteiger charge is -2.27. The standard InChI is InChI=1S/C10H17N3S/c1-2-10(5-3-4-6-10)7-11-9-12-8-13-14-9/h8H,2-7H2,1H3,(H,11,12,13). The molecule has 0 aliphatic heterocycles. The molecule has 0 saturated heterocycles. The van der Waals surface area contributed by atoms with Crippen molar-refractivity contribution in [1.82, 2.24) is 9.36 Å². The lowest BCUT2D eigenvalue weighted by molar-refractivity contribution is 0.307. The molecular weight excluding hydrogens is 194 g/mol. The lowest BCUT2D eigenvalue weighted by atomic mass is 9.83. The van der Waals surface area contributed by atoms with Gasteiger partial charge in [-0.05, 0) is 24.7 Å². The van der Waals surface area contributed by atoms with Crippen molar-refractivity contribution in [3.05, 3.63) is 6.33 Å². The molecule has 1 heterocycles. The number of nitrogens with one attached hydrogen (secondary N) is 1. The van der Waals surface area contributed by atoms with Gasteiger partial charge in [-0.25, -0.2) is 4.98 Å². The number of anilines is 1. The second-order valence-corrected chi connectivity index (χ2v) is 4.94. The Morgan fingerprint density at radius 1 is 1.50 bits per heavy atom. The van der Waals surface area contributed by atoms with Crippen molar-refractivity contribution in [3.63, 3.8) is 0 Å². The van der Waals surface area contributed by atoms with Crippen molar-refractivity contribution in [2.45, 2.75) is 39.0 Å². The van der Waals surface area contributed by atoms with Crippen LogP contribution in [0.25, 0.3) is 0 Å². The van der Waals surface area contributed by atoms with E-state index in [0.717, 1.165) is 11.7 Å². The fraction of sp³-hybridized carbons (Fsp3) is 0.800. The number of hydrogen-bond donors (Lipinski definition) is 1. The Morgan fingerprint density at radius 2 is 2.29 bits per heavy atom. The third-order valence-corrected chi connectivity index (χ3v) is 4.01. The summed E-state index contributed by atoms with van der Waals surface area (Å²) in [6, 6.07) is 0. The molecule has 1 aliphatic carbocycles. The summed E-state index contributed by atoms with van der Waals surface area (Å²) >= 11 is 1.44. The Hall–Kier alpha value is -0.640. The third-order valence-electron chi connectivity index (χ3n) is 3.39. The summed E-state index contributed by atoms with van der Waals surface area (Å²) < 4.78 is 3.98. The molecule has 0 aromatic carbocycles. The van der Waals surface area contributed by atoms with Crippen LogP contribution in [-0.4, -0.2) is 15.9 Å². The van der Waals surface area contributed by atoms with E-state index in [4.69, 9.17) is 0 Å². The first kappa shape index (κ1) is 9.90. The van der Waals surface area contributed by atoms with Crippen molar-refractivity contribution in [2.24, 2.45) is 5.41 Å². The molecule has 78 valence electrons. The largest absolute Gasteiger partial charge is 0.360 e. The Kier molecular flexibility index (Phi) is 3.01. The van der Waals surface area contributed by atoms with Gasteiger partial charge < -0.3 is 5.32 Å². The van der Waals surface area contributed by atoms with Crippen LogP contribution in [0.1, 0.15) is 39.0 Å². The molecule has 3 nitrogen and oxygen atoms in total. The zero-order chi connectivity index (χ0) is 9.86. The highest BCUT2D eigenvalue weighted by Crippen LogP contribution is 2.40. The maximum Gasteiger partial charge on any atom is 0.202 e. The van der Waals surface area contributed by atoms with Gasteiger partial charge in [-0.2, -0.15) is 4.37 Å². The minimum atomic E-state index is 0.533. The highest BCUT2D eigenvalue weighted by molar-refractivity contribution is 7.09. The van der Waals surface area contributed by atoms with Gasteiger partial charge in [0.1, 0.15) is 6.33 Å². The van der Waals surface area contributed by atoms with Gasteiger partial charge in [-0.1, -0.05) is 19.8 Å². The summed E-state index contributed by atoms with van der Waals surface area (Å²) in [5.74, 6) is 0. The minimum absolute atomic E-state index is 0.533. The molecule has 0 radical (unpaired) electrons. The molecule has 1 aromatic rings. The minimum Gasteiger partial charge on any atom is -0.360 e. The SMILES string of the molecule is CCC1(CNc2ncns2)CCCC1. The smallest absolute Gasteiger partial charge is 0.202 e. The first-order valence-corrected chi connectivity index (χ1v) is 6.12. The van der Waals surface area contributed by atoms with Crippen molar-refractivity contribution < 1.29 is 0 Å². The Labute approximate surface area is 89.1 Å². The molecule has 14 heavy (non-hydrogen) atoms. The second kappa shape index (κ2) is 4.26. The van der Waals surface area contributed by atoms with Gasteiger partial charge in [0.15, 0.2) is 0 Å². The molecule has 2 rings (SSSR count). The summed E-state index contributed by atoms with van der Waals surface area (Å²) in [7, 11) is 0. The van der Waals surface area contributed by atoms with Crippen LogP contribution in [0, 0.1) is 5.41 Å². The normalized spacial score (nSPS) is 19.8. The average molecular weight is 211 g/mol. The van der Waals surface area contributed by atoms with E-state index < -0.39 is 0 Å². The van der Waals surface area contributed by atoms with E-state index in [1.165, 1.54) is 43.6 Å². The van der Waals surface area contributed by atoms with Crippen LogP contribution in [0.2, 0.25) is 0 Å². The summed E-state index contributed by atoms with van der Waals surface area (Å²) in [6.45, 7) is 3.37. The second-order valence-electron chi connectivity index (χ2n) is 4.16. The Balaban J connectivity index is 1.89. The molecule has 0 unspecified atom stereocenters. The lowest BCUT2D eigenvalue weighted by Crippen LogP contribution is -2.25. The quantitative estimate of drug-likeness (QED) is 0.832. The van der Waals surface area contributed by atoms with Crippen molar-refractivity contribution in [2.75, 3.05) is 11.9 Å². The molecule has 1 aliphatic rings. The molecule has 0 bridgehead atoms. The monoisotopic (exact) mass is 211 g/mol. The maximum atomic E-state index is 4.14. The van der Waals surface area contributed by atoms with Crippen LogP contribution in [-0.2, 0) is 0 Å². The Morgan fingerprint density at radius 3 is 2.86 bits per heavy atom. The third kappa shape index (κ3) is 2.05. The van der Waals surface area contributed by atoms with Crippen LogP contribution in [0.3, 0.4) is 0 Å². The first-order chi connectivity index (χ1) is 6.85. The predicted octanol–water partition coefficient (Wildman–Crippen LogP) is 2.92. The van der Waals surface area contributed by atoms with E-state index in [1.54, 1.807) is 6.33 Å². The first-order valence-electron chi connectivity index (χ1n) is 5.35. The van der Waals surface area contributed by atoms with E-state index in [2.05, 4.69) is 21.6 Å². The molecule has 1 aromatic heterocycles. The molecule has 0 spiro atoms. The van der Waals surface area contributed by atoms with Gasteiger partial charge in [-0.3, -0.25) is 0 Å². The van der Waals surface area contributed by atoms with Crippen LogP contribution in [0.4, 0.5) is 5.13 Å². The van der Waals surface area contributed by atoms with Gasteiger partial charge in [0.05, 0.1) is 0 Å². The van der Waals surface area contributed by atoms with Crippen LogP contribution in [0.15, 0.2) is 6.33 Å². The zero-order valence-corrected chi connectivity index (χ0v) is 9.44. The summed E-state index contributed by atoms with van der Waals surface area (Å²) in [6.07, 6.45) is 8.42. The van der Waals surface area contributed by atoms with Crippen LogP contribution >= 0.6 is 11.5 Å².